The summed E-state index contributed by atoms with van der Waals surface area (Å²) < 4.78 is 34.4. The van der Waals surface area contributed by atoms with Gasteiger partial charge in [0, 0.05) is 12.7 Å². The number of ether oxygens (including phenoxy) is 1. The van der Waals surface area contributed by atoms with Crippen molar-refractivity contribution in [3.63, 3.8) is 0 Å². The zero-order valence-electron chi connectivity index (χ0n) is 14.5. The monoisotopic (exact) mass is 424 g/mol. The van der Waals surface area contributed by atoms with Gasteiger partial charge in [-0.25, -0.2) is 13.4 Å². The van der Waals surface area contributed by atoms with E-state index in [1.54, 1.807) is 6.20 Å². The molecule has 0 bridgehead atoms. The first kappa shape index (κ1) is 18.4. The molecule has 0 amide bonds. The van der Waals surface area contributed by atoms with Crippen LogP contribution in [0.25, 0.3) is 0 Å². The molecule has 0 aliphatic carbocycles. The summed E-state index contributed by atoms with van der Waals surface area (Å²) in [6.07, 6.45) is 2.10. The summed E-state index contributed by atoms with van der Waals surface area (Å²) in [6.45, 7) is 6.45. The van der Waals surface area contributed by atoms with E-state index in [2.05, 4.69) is 20.9 Å². The van der Waals surface area contributed by atoms with Gasteiger partial charge < -0.3 is 4.74 Å². The smallest absolute Gasteiger partial charge is 0.243 e. The van der Waals surface area contributed by atoms with Gasteiger partial charge in [-0.15, -0.1) is 0 Å². The number of nitrogens with zero attached hydrogens (tertiary/aromatic N) is 2. The van der Waals surface area contributed by atoms with Gasteiger partial charge in [0.2, 0.25) is 15.9 Å². The normalized spacial score (nSPS) is 18.5. The molecular formula is C18H21BrN2O3S. The summed E-state index contributed by atoms with van der Waals surface area (Å²) in [6, 6.07) is 7.49. The molecule has 5 nitrogen and oxygen atoms in total. The van der Waals surface area contributed by atoms with Crippen LogP contribution in [0.1, 0.15) is 23.1 Å². The molecule has 1 aliphatic heterocycles. The molecule has 2 aromatic rings. The van der Waals surface area contributed by atoms with Gasteiger partial charge in [0.1, 0.15) is 6.10 Å². The van der Waals surface area contributed by atoms with Crippen molar-refractivity contribution in [1.29, 1.82) is 0 Å². The molecule has 0 N–H and O–H groups in total. The Morgan fingerprint density at radius 1 is 1.24 bits per heavy atom. The summed E-state index contributed by atoms with van der Waals surface area (Å²) in [5.74, 6) is 0.495. The highest BCUT2D eigenvalue weighted by Crippen LogP contribution is 2.30. The van der Waals surface area contributed by atoms with Crippen LogP contribution < -0.4 is 4.74 Å². The van der Waals surface area contributed by atoms with Gasteiger partial charge in [-0.1, -0.05) is 17.7 Å². The van der Waals surface area contributed by atoms with Crippen LogP contribution in [0.15, 0.2) is 39.8 Å². The molecule has 1 saturated heterocycles. The number of aryl methyl sites for hydroxylation is 3. The molecule has 1 unspecified atom stereocenters. The van der Waals surface area contributed by atoms with Crippen LogP contribution in [-0.2, 0) is 10.0 Å². The number of pyridine rings is 1. The molecule has 1 aromatic carbocycles. The van der Waals surface area contributed by atoms with E-state index >= 15 is 0 Å². The van der Waals surface area contributed by atoms with Gasteiger partial charge >= 0.3 is 0 Å². The minimum Gasteiger partial charge on any atom is -0.472 e. The molecule has 1 aromatic heterocycles. The van der Waals surface area contributed by atoms with E-state index in [0.29, 0.717) is 30.3 Å². The molecule has 25 heavy (non-hydrogen) atoms. The SMILES string of the molecule is Cc1cc(C)c(S(=O)(=O)N2CCC(Oc3ncccc3Br)C2)c(C)c1. The molecule has 0 radical (unpaired) electrons. The fraction of sp³-hybridized carbons (Fsp3) is 0.389. The lowest BCUT2D eigenvalue weighted by Gasteiger charge is -2.20. The average Bonchev–Trinajstić information content (AvgIpc) is 2.97. The number of aromatic nitrogens is 1. The molecule has 0 spiro atoms. The summed E-state index contributed by atoms with van der Waals surface area (Å²) >= 11 is 3.40. The Morgan fingerprint density at radius 3 is 2.56 bits per heavy atom. The summed E-state index contributed by atoms with van der Waals surface area (Å²) in [7, 11) is -3.53. The molecule has 1 aliphatic rings. The van der Waals surface area contributed by atoms with Crippen LogP contribution in [0.2, 0.25) is 0 Å². The number of benzene rings is 1. The third-order valence-electron chi connectivity index (χ3n) is 4.31. The average molecular weight is 425 g/mol. The van der Waals surface area contributed by atoms with E-state index < -0.39 is 10.0 Å². The number of rotatable bonds is 4. The Morgan fingerprint density at radius 2 is 1.92 bits per heavy atom. The Hall–Kier alpha value is -1.44. The lowest BCUT2D eigenvalue weighted by atomic mass is 10.1. The third-order valence-corrected chi connectivity index (χ3v) is 7.09. The van der Waals surface area contributed by atoms with Crippen molar-refractivity contribution in [2.45, 2.75) is 38.2 Å². The highest BCUT2D eigenvalue weighted by Gasteiger charge is 2.35. The standard InChI is InChI=1S/C18H21BrN2O3S/c1-12-9-13(2)17(14(3)10-12)25(22,23)21-8-6-15(11-21)24-18-16(19)5-4-7-20-18/h4-5,7,9-10,15H,6,8,11H2,1-3H3. The lowest BCUT2D eigenvalue weighted by Crippen LogP contribution is -2.32. The van der Waals surface area contributed by atoms with Crippen molar-refractivity contribution in [2.75, 3.05) is 13.1 Å². The number of halogens is 1. The van der Waals surface area contributed by atoms with Crippen molar-refractivity contribution in [1.82, 2.24) is 9.29 Å². The van der Waals surface area contributed by atoms with Crippen LogP contribution >= 0.6 is 15.9 Å². The maximum absolute atomic E-state index is 13.1. The Bertz CT molecular complexity index is 876. The van der Waals surface area contributed by atoms with E-state index in [1.165, 1.54) is 4.31 Å². The van der Waals surface area contributed by atoms with E-state index in [9.17, 15) is 8.42 Å². The largest absolute Gasteiger partial charge is 0.472 e. The second kappa shape index (κ2) is 7.05. The van der Waals surface area contributed by atoms with Crippen molar-refractivity contribution in [3.8, 4) is 5.88 Å². The molecular weight excluding hydrogens is 404 g/mol. The zero-order valence-corrected chi connectivity index (χ0v) is 16.9. The summed E-state index contributed by atoms with van der Waals surface area (Å²) in [5.41, 5.74) is 2.64. The Labute approximate surface area is 157 Å². The van der Waals surface area contributed by atoms with Crippen LogP contribution in [0.5, 0.6) is 5.88 Å². The van der Waals surface area contributed by atoms with Crippen LogP contribution in [0.3, 0.4) is 0 Å². The zero-order chi connectivity index (χ0) is 18.2. The van der Waals surface area contributed by atoms with Crippen LogP contribution in [0.4, 0.5) is 0 Å². The quantitative estimate of drug-likeness (QED) is 0.751. The first-order valence-corrected chi connectivity index (χ1v) is 10.4. The fourth-order valence-electron chi connectivity index (χ4n) is 3.33. The van der Waals surface area contributed by atoms with Crippen LogP contribution in [-0.4, -0.2) is 36.9 Å². The van der Waals surface area contributed by atoms with E-state index in [0.717, 1.165) is 21.2 Å². The minimum absolute atomic E-state index is 0.202. The van der Waals surface area contributed by atoms with Crippen molar-refractivity contribution < 1.29 is 13.2 Å². The molecule has 0 saturated carbocycles. The first-order chi connectivity index (χ1) is 11.8. The molecule has 134 valence electrons. The number of sulfonamides is 1. The molecule has 7 heteroatoms. The molecule has 2 heterocycles. The fourth-order valence-corrected chi connectivity index (χ4v) is 5.58. The van der Waals surface area contributed by atoms with E-state index in [4.69, 9.17) is 4.74 Å². The third kappa shape index (κ3) is 3.73. The van der Waals surface area contributed by atoms with Gasteiger partial charge in [0.15, 0.2) is 0 Å². The van der Waals surface area contributed by atoms with Crippen LogP contribution in [0, 0.1) is 20.8 Å². The first-order valence-electron chi connectivity index (χ1n) is 8.14. The molecule has 1 atom stereocenters. The van der Waals surface area contributed by atoms with Crippen molar-refractivity contribution >= 4 is 26.0 Å². The maximum Gasteiger partial charge on any atom is 0.243 e. The van der Waals surface area contributed by atoms with Gasteiger partial charge in [-0.2, -0.15) is 4.31 Å². The summed E-state index contributed by atoms with van der Waals surface area (Å²) in [5, 5.41) is 0. The predicted octanol–water partition coefficient (Wildman–Crippen LogP) is 3.61. The second-order valence-corrected chi connectivity index (χ2v) is 9.14. The number of hydrogen-bond donors (Lipinski definition) is 0. The topological polar surface area (TPSA) is 59.5 Å². The van der Waals surface area contributed by atoms with Gasteiger partial charge in [0.25, 0.3) is 0 Å². The maximum atomic E-state index is 13.1. The highest BCUT2D eigenvalue weighted by molar-refractivity contribution is 9.10. The van der Waals surface area contributed by atoms with E-state index in [1.807, 2.05) is 45.0 Å². The van der Waals surface area contributed by atoms with Gasteiger partial charge in [0.05, 0.1) is 15.9 Å². The Kier molecular flexibility index (Phi) is 5.18. The second-order valence-electron chi connectivity index (χ2n) is 6.41. The highest BCUT2D eigenvalue weighted by atomic mass is 79.9. The van der Waals surface area contributed by atoms with Crippen molar-refractivity contribution in [3.05, 3.63) is 51.6 Å². The Balaban J connectivity index is 1.81. The van der Waals surface area contributed by atoms with E-state index in [-0.39, 0.29) is 6.10 Å². The van der Waals surface area contributed by atoms with Crippen molar-refractivity contribution in [2.24, 2.45) is 0 Å². The summed E-state index contributed by atoms with van der Waals surface area (Å²) in [4.78, 5) is 4.60. The minimum atomic E-state index is -3.53. The van der Waals surface area contributed by atoms with Gasteiger partial charge in [-0.05, 0) is 66.4 Å². The predicted molar refractivity (Wildman–Crippen MR) is 100 cm³/mol. The molecule has 1 fully saturated rings. The van der Waals surface area contributed by atoms with Gasteiger partial charge in [-0.3, -0.25) is 0 Å². The lowest BCUT2D eigenvalue weighted by molar-refractivity contribution is 0.205. The number of hydrogen-bond acceptors (Lipinski definition) is 4. The molecule has 3 rings (SSSR count).